The fourth-order valence-corrected chi connectivity index (χ4v) is 4.92. The van der Waals surface area contributed by atoms with Gasteiger partial charge in [-0.25, -0.2) is 8.42 Å². The summed E-state index contributed by atoms with van der Waals surface area (Å²) < 4.78 is 37.5. The lowest BCUT2D eigenvalue weighted by Gasteiger charge is -2.26. The SMILES string of the molecule is COc1ccc(CNC(=O)c2c[nH]c3ccc(S(=O)(=O)N4CCOCC4)cc3c2=O)cc1. The Morgan fingerprint density at radius 1 is 1.16 bits per heavy atom. The van der Waals surface area contributed by atoms with Crippen molar-refractivity contribution in [3.63, 3.8) is 0 Å². The van der Waals surface area contributed by atoms with Crippen LogP contribution in [0.2, 0.25) is 0 Å². The number of fused-ring (bicyclic) bond motifs is 1. The van der Waals surface area contributed by atoms with Gasteiger partial charge in [0.15, 0.2) is 0 Å². The summed E-state index contributed by atoms with van der Waals surface area (Å²) in [5.41, 5.74) is 0.662. The highest BCUT2D eigenvalue weighted by atomic mass is 32.2. The summed E-state index contributed by atoms with van der Waals surface area (Å²) in [6, 6.07) is 11.5. The van der Waals surface area contributed by atoms with Crippen molar-refractivity contribution in [2.75, 3.05) is 33.4 Å². The number of ether oxygens (including phenoxy) is 2. The molecule has 10 heteroatoms. The fraction of sp³-hybridized carbons (Fsp3) is 0.273. The summed E-state index contributed by atoms with van der Waals surface area (Å²) in [4.78, 5) is 28.5. The molecule has 0 spiro atoms. The van der Waals surface area contributed by atoms with Crippen LogP contribution in [0.4, 0.5) is 0 Å². The van der Waals surface area contributed by atoms with Crippen molar-refractivity contribution in [2.45, 2.75) is 11.4 Å². The van der Waals surface area contributed by atoms with Crippen molar-refractivity contribution in [3.8, 4) is 5.75 Å². The highest BCUT2D eigenvalue weighted by molar-refractivity contribution is 7.89. The number of hydrogen-bond donors (Lipinski definition) is 2. The molecule has 0 bridgehead atoms. The molecule has 1 aliphatic rings. The lowest BCUT2D eigenvalue weighted by atomic mass is 10.1. The maximum absolute atomic E-state index is 13.0. The first-order valence-electron chi connectivity index (χ1n) is 10.0. The molecule has 9 nitrogen and oxygen atoms in total. The molecule has 1 saturated heterocycles. The second kappa shape index (κ2) is 9.11. The van der Waals surface area contributed by atoms with E-state index in [1.54, 1.807) is 19.2 Å². The van der Waals surface area contributed by atoms with Gasteiger partial charge in [0.05, 0.1) is 25.2 Å². The normalized spacial score (nSPS) is 14.9. The number of carbonyl (C=O) groups excluding carboxylic acids is 1. The van der Waals surface area contributed by atoms with E-state index in [-0.39, 0.29) is 35.5 Å². The van der Waals surface area contributed by atoms with Gasteiger partial charge >= 0.3 is 0 Å². The molecule has 0 radical (unpaired) electrons. The van der Waals surface area contributed by atoms with Crippen LogP contribution in [-0.2, 0) is 21.3 Å². The minimum absolute atomic E-state index is 0.00758. The lowest BCUT2D eigenvalue weighted by Crippen LogP contribution is -2.40. The molecule has 2 N–H and O–H groups in total. The molecular weight excluding hydrogens is 434 g/mol. The average Bonchev–Trinajstić information content (AvgIpc) is 2.83. The third-order valence-corrected chi connectivity index (χ3v) is 7.21. The summed E-state index contributed by atoms with van der Waals surface area (Å²) in [7, 11) is -2.20. The largest absolute Gasteiger partial charge is 0.497 e. The molecule has 1 aliphatic heterocycles. The highest BCUT2D eigenvalue weighted by Crippen LogP contribution is 2.20. The quantitative estimate of drug-likeness (QED) is 0.579. The third-order valence-electron chi connectivity index (χ3n) is 5.32. The molecule has 4 rings (SSSR count). The van der Waals surface area contributed by atoms with Crippen LogP contribution >= 0.6 is 0 Å². The molecule has 2 heterocycles. The van der Waals surface area contributed by atoms with Crippen molar-refractivity contribution in [1.82, 2.24) is 14.6 Å². The molecule has 0 saturated carbocycles. The Kier molecular flexibility index (Phi) is 6.26. The predicted molar refractivity (Wildman–Crippen MR) is 118 cm³/mol. The zero-order valence-corrected chi connectivity index (χ0v) is 18.3. The Hall–Kier alpha value is -3.21. The third kappa shape index (κ3) is 4.38. The number of aromatic nitrogens is 1. The fourth-order valence-electron chi connectivity index (χ4n) is 3.48. The number of methoxy groups -OCH3 is 1. The van der Waals surface area contributed by atoms with Crippen LogP contribution in [0.3, 0.4) is 0 Å². The molecule has 32 heavy (non-hydrogen) atoms. The van der Waals surface area contributed by atoms with Crippen molar-refractivity contribution < 1.29 is 22.7 Å². The average molecular weight is 458 g/mol. The molecule has 0 unspecified atom stereocenters. The number of amides is 1. The molecular formula is C22H23N3O6S. The van der Waals surface area contributed by atoms with Gasteiger partial charge < -0.3 is 19.8 Å². The van der Waals surface area contributed by atoms with E-state index in [4.69, 9.17) is 9.47 Å². The Morgan fingerprint density at radius 2 is 1.88 bits per heavy atom. The van der Waals surface area contributed by atoms with E-state index in [1.165, 1.54) is 28.7 Å². The number of aromatic amines is 1. The molecule has 3 aromatic rings. The number of carbonyl (C=O) groups is 1. The number of rotatable bonds is 6. The van der Waals surface area contributed by atoms with Crippen LogP contribution in [0.1, 0.15) is 15.9 Å². The van der Waals surface area contributed by atoms with E-state index >= 15 is 0 Å². The lowest BCUT2D eigenvalue weighted by molar-refractivity contribution is 0.0730. The van der Waals surface area contributed by atoms with Crippen molar-refractivity contribution >= 4 is 26.8 Å². The Balaban J connectivity index is 1.59. The molecule has 1 fully saturated rings. The summed E-state index contributed by atoms with van der Waals surface area (Å²) in [5.74, 6) is 0.152. The van der Waals surface area contributed by atoms with Gasteiger partial charge in [-0.3, -0.25) is 9.59 Å². The van der Waals surface area contributed by atoms with Crippen LogP contribution < -0.4 is 15.5 Å². The van der Waals surface area contributed by atoms with Crippen molar-refractivity contribution in [2.24, 2.45) is 0 Å². The number of H-pyrrole nitrogens is 1. The van der Waals surface area contributed by atoms with E-state index in [2.05, 4.69) is 10.3 Å². The van der Waals surface area contributed by atoms with Gasteiger partial charge in [-0.05, 0) is 35.9 Å². The van der Waals surface area contributed by atoms with Gasteiger partial charge in [0.1, 0.15) is 11.3 Å². The first-order chi connectivity index (χ1) is 15.4. The number of benzene rings is 2. The van der Waals surface area contributed by atoms with E-state index < -0.39 is 21.4 Å². The Bertz CT molecular complexity index is 1300. The van der Waals surface area contributed by atoms with Crippen LogP contribution in [0.5, 0.6) is 5.75 Å². The number of nitrogens with one attached hydrogen (secondary N) is 2. The second-order valence-corrected chi connectivity index (χ2v) is 9.22. The minimum atomic E-state index is -3.77. The number of pyridine rings is 1. The zero-order chi connectivity index (χ0) is 22.7. The van der Waals surface area contributed by atoms with Crippen LogP contribution in [0.25, 0.3) is 10.9 Å². The van der Waals surface area contributed by atoms with Gasteiger partial charge in [0.2, 0.25) is 15.5 Å². The van der Waals surface area contributed by atoms with Crippen molar-refractivity contribution in [1.29, 1.82) is 0 Å². The van der Waals surface area contributed by atoms with E-state index in [0.29, 0.717) is 24.5 Å². The summed E-state index contributed by atoms with van der Waals surface area (Å²) in [6.45, 7) is 1.39. The molecule has 0 aliphatic carbocycles. The molecule has 1 aromatic heterocycles. The smallest absolute Gasteiger partial charge is 0.257 e. The van der Waals surface area contributed by atoms with Gasteiger partial charge in [-0.1, -0.05) is 12.1 Å². The monoisotopic (exact) mass is 457 g/mol. The van der Waals surface area contributed by atoms with Crippen LogP contribution in [-0.4, -0.2) is 57.0 Å². The second-order valence-electron chi connectivity index (χ2n) is 7.29. The standard InChI is InChI=1S/C22H23N3O6S/c1-30-16-4-2-15(3-5-16)13-24-22(27)19-14-23-20-7-6-17(12-18(20)21(19)26)32(28,29)25-8-10-31-11-9-25/h2-7,12,14H,8-11,13H2,1H3,(H,23,26)(H,24,27). The first-order valence-corrected chi connectivity index (χ1v) is 11.5. The topological polar surface area (TPSA) is 118 Å². The Labute approximate surface area is 185 Å². The Morgan fingerprint density at radius 3 is 2.56 bits per heavy atom. The number of nitrogens with zero attached hydrogens (tertiary/aromatic N) is 1. The minimum Gasteiger partial charge on any atom is -0.497 e. The molecule has 1 amide bonds. The van der Waals surface area contributed by atoms with E-state index in [9.17, 15) is 18.0 Å². The van der Waals surface area contributed by atoms with E-state index in [0.717, 1.165) is 5.56 Å². The first kappa shape index (κ1) is 22.0. The maximum atomic E-state index is 13.0. The van der Waals surface area contributed by atoms with Gasteiger partial charge in [-0.2, -0.15) is 4.31 Å². The zero-order valence-electron chi connectivity index (χ0n) is 17.5. The molecule has 168 valence electrons. The molecule has 2 aromatic carbocycles. The van der Waals surface area contributed by atoms with Crippen LogP contribution in [0.15, 0.2) is 58.4 Å². The summed E-state index contributed by atoms with van der Waals surface area (Å²) in [5, 5.41) is 2.85. The number of sulfonamides is 1. The van der Waals surface area contributed by atoms with Gasteiger partial charge in [-0.15, -0.1) is 0 Å². The summed E-state index contributed by atoms with van der Waals surface area (Å²) >= 11 is 0. The van der Waals surface area contributed by atoms with Gasteiger partial charge in [0, 0.05) is 36.7 Å². The summed E-state index contributed by atoms with van der Waals surface area (Å²) in [6.07, 6.45) is 1.34. The number of morpholine rings is 1. The predicted octanol–water partition coefficient (Wildman–Crippen LogP) is 1.49. The van der Waals surface area contributed by atoms with Crippen molar-refractivity contribution in [3.05, 3.63) is 70.0 Å². The highest BCUT2D eigenvalue weighted by Gasteiger charge is 2.27. The maximum Gasteiger partial charge on any atom is 0.257 e. The molecule has 0 atom stereocenters. The van der Waals surface area contributed by atoms with E-state index in [1.807, 2.05) is 12.1 Å². The van der Waals surface area contributed by atoms with Gasteiger partial charge in [0.25, 0.3) is 5.91 Å². The number of hydrogen-bond acceptors (Lipinski definition) is 6. The van der Waals surface area contributed by atoms with Crippen LogP contribution in [0, 0.1) is 0 Å².